The zero-order valence-corrected chi connectivity index (χ0v) is 13.2. The van der Waals surface area contributed by atoms with Crippen LogP contribution in [0.15, 0.2) is 54.1 Å². The monoisotopic (exact) mass is 306 g/mol. The lowest BCUT2D eigenvalue weighted by molar-refractivity contribution is -0.112. The number of nitrogens with zero attached hydrogens (tertiary/aromatic N) is 1. The van der Waals surface area contributed by atoms with Gasteiger partial charge in [0, 0.05) is 5.69 Å². The Morgan fingerprint density at radius 1 is 1.22 bits per heavy atom. The number of para-hydroxylation sites is 1. The standard InChI is InChI=1S/C19H18N2O2/c1-3-23-17-10-8-15(9-11-17)12-16(13-20)19(22)21-18-7-5-4-6-14(18)2/h4-12H,3H2,1-2H3,(H,21,22)/b16-12-. The van der Waals surface area contributed by atoms with Crippen molar-refractivity contribution in [2.24, 2.45) is 0 Å². The molecule has 4 nitrogen and oxygen atoms in total. The maximum atomic E-state index is 12.2. The second-order valence-electron chi connectivity index (χ2n) is 4.94. The second-order valence-corrected chi connectivity index (χ2v) is 4.94. The van der Waals surface area contributed by atoms with Gasteiger partial charge in [-0.2, -0.15) is 5.26 Å². The Morgan fingerprint density at radius 2 is 1.91 bits per heavy atom. The number of ether oxygens (including phenoxy) is 1. The van der Waals surface area contributed by atoms with Crippen LogP contribution in [0.25, 0.3) is 6.08 Å². The fourth-order valence-electron chi connectivity index (χ4n) is 2.05. The first-order chi connectivity index (χ1) is 11.1. The molecule has 0 heterocycles. The van der Waals surface area contributed by atoms with Gasteiger partial charge in [-0.25, -0.2) is 0 Å². The van der Waals surface area contributed by atoms with Crippen LogP contribution in [0.4, 0.5) is 5.69 Å². The number of carbonyl (C=O) groups excluding carboxylic acids is 1. The van der Waals surface area contributed by atoms with Crippen molar-refractivity contribution in [3.63, 3.8) is 0 Å². The minimum absolute atomic E-state index is 0.0532. The average Bonchev–Trinajstić information content (AvgIpc) is 2.56. The lowest BCUT2D eigenvalue weighted by Crippen LogP contribution is -2.14. The van der Waals surface area contributed by atoms with Gasteiger partial charge < -0.3 is 10.1 Å². The molecule has 0 fully saturated rings. The van der Waals surface area contributed by atoms with E-state index in [9.17, 15) is 10.1 Å². The Morgan fingerprint density at radius 3 is 2.52 bits per heavy atom. The molecule has 0 radical (unpaired) electrons. The Bertz CT molecular complexity index is 756. The van der Waals surface area contributed by atoms with Crippen molar-refractivity contribution >= 4 is 17.7 Å². The van der Waals surface area contributed by atoms with Crippen molar-refractivity contribution in [2.75, 3.05) is 11.9 Å². The predicted octanol–water partition coefficient (Wildman–Crippen LogP) is 3.94. The largest absolute Gasteiger partial charge is 0.494 e. The van der Waals surface area contributed by atoms with Crippen LogP contribution in [0, 0.1) is 18.3 Å². The number of amides is 1. The summed E-state index contributed by atoms with van der Waals surface area (Å²) in [5, 5.41) is 12.0. The molecule has 2 aromatic rings. The quantitative estimate of drug-likeness (QED) is 0.672. The van der Waals surface area contributed by atoms with Crippen molar-refractivity contribution in [3.05, 3.63) is 65.2 Å². The van der Waals surface area contributed by atoms with Crippen LogP contribution in [-0.2, 0) is 4.79 Å². The molecule has 0 aromatic heterocycles. The first-order valence-corrected chi connectivity index (χ1v) is 7.35. The number of carbonyl (C=O) groups is 1. The smallest absolute Gasteiger partial charge is 0.266 e. The van der Waals surface area contributed by atoms with Gasteiger partial charge in [-0.3, -0.25) is 4.79 Å². The van der Waals surface area contributed by atoms with Crippen molar-refractivity contribution in [1.82, 2.24) is 0 Å². The summed E-state index contributed by atoms with van der Waals surface area (Å²) in [6.07, 6.45) is 1.56. The van der Waals surface area contributed by atoms with Crippen LogP contribution < -0.4 is 10.1 Å². The predicted molar refractivity (Wildman–Crippen MR) is 91.0 cm³/mol. The zero-order valence-electron chi connectivity index (χ0n) is 13.2. The third-order valence-corrected chi connectivity index (χ3v) is 3.26. The summed E-state index contributed by atoms with van der Waals surface area (Å²) in [5.41, 5.74) is 2.46. The van der Waals surface area contributed by atoms with Gasteiger partial charge in [0.1, 0.15) is 17.4 Å². The van der Waals surface area contributed by atoms with E-state index in [0.717, 1.165) is 16.9 Å². The number of nitriles is 1. The average molecular weight is 306 g/mol. The van der Waals surface area contributed by atoms with E-state index in [1.807, 2.05) is 62.4 Å². The van der Waals surface area contributed by atoms with Crippen molar-refractivity contribution in [3.8, 4) is 11.8 Å². The maximum Gasteiger partial charge on any atom is 0.266 e. The highest BCUT2D eigenvalue weighted by atomic mass is 16.5. The van der Waals surface area contributed by atoms with E-state index < -0.39 is 5.91 Å². The van der Waals surface area contributed by atoms with Crippen molar-refractivity contribution in [2.45, 2.75) is 13.8 Å². The SMILES string of the molecule is CCOc1ccc(/C=C(/C#N)C(=O)Nc2ccccc2C)cc1. The molecule has 4 heteroatoms. The summed E-state index contributed by atoms with van der Waals surface area (Å²) in [7, 11) is 0. The van der Waals surface area contributed by atoms with Crippen LogP contribution in [0.1, 0.15) is 18.1 Å². The number of anilines is 1. The normalized spacial score (nSPS) is 10.7. The lowest BCUT2D eigenvalue weighted by Gasteiger charge is -2.07. The molecule has 0 saturated heterocycles. The van der Waals surface area contributed by atoms with E-state index in [4.69, 9.17) is 4.74 Å². The minimum Gasteiger partial charge on any atom is -0.494 e. The molecule has 1 N–H and O–H groups in total. The molecule has 1 amide bonds. The number of hydrogen-bond acceptors (Lipinski definition) is 3. The summed E-state index contributed by atoms with van der Waals surface area (Å²) in [5.74, 6) is 0.336. The topological polar surface area (TPSA) is 62.1 Å². The van der Waals surface area contributed by atoms with Crippen LogP contribution >= 0.6 is 0 Å². The van der Waals surface area contributed by atoms with E-state index in [0.29, 0.717) is 12.3 Å². The minimum atomic E-state index is -0.421. The third kappa shape index (κ3) is 4.45. The summed E-state index contributed by atoms with van der Waals surface area (Å²) in [6.45, 7) is 4.41. The Kier molecular flexibility index (Phi) is 5.54. The highest BCUT2D eigenvalue weighted by molar-refractivity contribution is 6.09. The van der Waals surface area contributed by atoms with E-state index >= 15 is 0 Å². The summed E-state index contributed by atoms with van der Waals surface area (Å²) < 4.78 is 5.37. The molecule has 0 saturated carbocycles. The molecule has 0 aliphatic heterocycles. The van der Waals surface area contributed by atoms with E-state index in [1.54, 1.807) is 12.1 Å². The van der Waals surface area contributed by atoms with E-state index in [1.165, 1.54) is 0 Å². The van der Waals surface area contributed by atoms with Gasteiger partial charge in [0.15, 0.2) is 0 Å². The fraction of sp³-hybridized carbons (Fsp3) is 0.158. The van der Waals surface area contributed by atoms with E-state index in [2.05, 4.69) is 5.32 Å². The van der Waals surface area contributed by atoms with Gasteiger partial charge in [0.2, 0.25) is 0 Å². The zero-order chi connectivity index (χ0) is 16.7. The van der Waals surface area contributed by atoms with Crippen LogP contribution in [0.3, 0.4) is 0 Å². The molecular weight excluding hydrogens is 288 g/mol. The van der Waals surface area contributed by atoms with Gasteiger partial charge in [-0.15, -0.1) is 0 Å². The molecular formula is C19H18N2O2. The number of benzene rings is 2. The first-order valence-electron chi connectivity index (χ1n) is 7.35. The molecule has 0 atom stereocenters. The molecule has 2 rings (SSSR count). The molecule has 2 aromatic carbocycles. The molecule has 0 aliphatic carbocycles. The maximum absolute atomic E-state index is 12.2. The summed E-state index contributed by atoms with van der Waals surface area (Å²) >= 11 is 0. The summed E-state index contributed by atoms with van der Waals surface area (Å²) in [4.78, 5) is 12.2. The van der Waals surface area contributed by atoms with Crippen LogP contribution in [-0.4, -0.2) is 12.5 Å². The molecule has 23 heavy (non-hydrogen) atoms. The first kappa shape index (κ1) is 16.3. The molecule has 0 aliphatic rings. The number of nitrogens with one attached hydrogen (secondary N) is 1. The number of aryl methyl sites for hydroxylation is 1. The third-order valence-electron chi connectivity index (χ3n) is 3.26. The van der Waals surface area contributed by atoms with Gasteiger partial charge in [0.25, 0.3) is 5.91 Å². The molecule has 116 valence electrons. The Hall–Kier alpha value is -3.06. The highest BCUT2D eigenvalue weighted by Gasteiger charge is 2.10. The van der Waals surface area contributed by atoms with Gasteiger partial charge in [-0.05, 0) is 49.2 Å². The fourth-order valence-corrected chi connectivity index (χ4v) is 2.05. The Balaban J connectivity index is 2.16. The molecule has 0 spiro atoms. The van der Waals surface area contributed by atoms with Crippen molar-refractivity contribution in [1.29, 1.82) is 5.26 Å². The van der Waals surface area contributed by atoms with E-state index in [-0.39, 0.29) is 5.57 Å². The number of rotatable bonds is 5. The summed E-state index contributed by atoms with van der Waals surface area (Å²) in [6, 6.07) is 16.6. The molecule has 0 unspecified atom stereocenters. The van der Waals surface area contributed by atoms with Gasteiger partial charge >= 0.3 is 0 Å². The van der Waals surface area contributed by atoms with Gasteiger partial charge in [0.05, 0.1) is 6.61 Å². The highest BCUT2D eigenvalue weighted by Crippen LogP contribution is 2.17. The number of hydrogen-bond donors (Lipinski definition) is 1. The van der Waals surface area contributed by atoms with Crippen LogP contribution in [0.5, 0.6) is 5.75 Å². The Labute approximate surface area is 136 Å². The lowest BCUT2D eigenvalue weighted by atomic mass is 10.1. The molecule has 0 bridgehead atoms. The van der Waals surface area contributed by atoms with Crippen LogP contribution in [0.2, 0.25) is 0 Å². The van der Waals surface area contributed by atoms with Gasteiger partial charge in [-0.1, -0.05) is 30.3 Å². The van der Waals surface area contributed by atoms with Crippen molar-refractivity contribution < 1.29 is 9.53 Å². The second kappa shape index (κ2) is 7.81.